The van der Waals surface area contributed by atoms with Crippen molar-refractivity contribution in [2.24, 2.45) is 0 Å². The smallest absolute Gasteiger partial charge is 0.0346 e. The zero-order valence-corrected chi connectivity index (χ0v) is 6.64. The molecule has 0 unspecified atom stereocenters. The summed E-state index contributed by atoms with van der Waals surface area (Å²) in [7, 11) is 0. The highest BCUT2D eigenvalue weighted by Gasteiger charge is 1.82. The Kier molecular flexibility index (Phi) is 1.87. The van der Waals surface area contributed by atoms with E-state index < -0.39 is 0 Å². The summed E-state index contributed by atoms with van der Waals surface area (Å²) in [5.74, 6) is 0. The fourth-order valence-corrected chi connectivity index (χ4v) is 1.16. The van der Waals surface area contributed by atoms with Crippen molar-refractivity contribution in [1.29, 1.82) is 0 Å². The average molecular weight is 155 g/mol. The third-order valence-corrected chi connectivity index (χ3v) is 1.77. The third kappa shape index (κ3) is 1.35. The Labute approximate surface area is 71.1 Å². The number of allylic oxidation sites excluding steroid dienone is 4. The molecule has 0 bridgehead atoms. The summed E-state index contributed by atoms with van der Waals surface area (Å²) in [5.41, 5.74) is 0. The molecule has 1 aliphatic carbocycles. The molecule has 1 aromatic heterocycles. The van der Waals surface area contributed by atoms with Crippen LogP contribution in [0.4, 0.5) is 0 Å². The number of rotatable bonds is 0. The Morgan fingerprint density at radius 2 is 1.58 bits per heavy atom. The van der Waals surface area contributed by atoms with E-state index in [-0.39, 0.29) is 0 Å². The van der Waals surface area contributed by atoms with Crippen molar-refractivity contribution in [3.8, 4) is 0 Å². The van der Waals surface area contributed by atoms with Crippen LogP contribution < -0.4 is 10.4 Å². The van der Waals surface area contributed by atoms with Crippen LogP contribution in [-0.4, -0.2) is 4.98 Å². The molecule has 0 amide bonds. The number of aromatic nitrogens is 1. The second-order valence-corrected chi connectivity index (χ2v) is 2.61. The molecular weight excluding hydrogens is 146 g/mol. The van der Waals surface area contributed by atoms with Gasteiger partial charge in [-0.3, -0.25) is 4.98 Å². The highest BCUT2D eigenvalue weighted by atomic mass is 14.6. The summed E-state index contributed by atoms with van der Waals surface area (Å²) >= 11 is 0. The number of nitrogens with zero attached hydrogens (tertiary/aromatic N) is 1. The van der Waals surface area contributed by atoms with Crippen molar-refractivity contribution in [1.82, 2.24) is 4.98 Å². The summed E-state index contributed by atoms with van der Waals surface area (Å²) in [5, 5.41) is 2.38. The van der Waals surface area contributed by atoms with E-state index in [1.54, 1.807) is 0 Å². The van der Waals surface area contributed by atoms with Crippen LogP contribution in [0.5, 0.6) is 0 Å². The molecule has 1 heteroatoms. The second-order valence-electron chi connectivity index (χ2n) is 2.61. The first kappa shape index (κ1) is 7.04. The van der Waals surface area contributed by atoms with Crippen LogP contribution in [0.1, 0.15) is 0 Å². The molecular formula is C11H9N. The highest BCUT2D eigenvalue weighted by molar-refractivity contribution is 5.46. The average Bonchev–Trinajstić information content (AvgIpc) is 2.06. The van der Waals surface area contributed by atoms with Crippen molar-refractivity contribution >= 4 is 12.2 Å². The Balaban J connectivity index is 2.80. The fraction of sp³-hybridized carbons (Fsp3) is 0. The highest BCUT2D eigenvalue weighted by Crippen LogP contribution is 1.82. The van der Waals surface area contributed by atoms with Crippen LogP contribution >= 0.6 is 0 Å². The molecule has 0 saturated heterocycles. The zero-order chi connectivity index (χ0) is 8.23. The van der Waals surface area contributed by atoms with Gasteiger partial charge in [-0.1, -0.05) is 36.5 Å². The number of pyridine rings is 1. The molecule has 0 aliphatic heterocycles. The molecule has 0 saturated carbocycles. The predicted molar refractivity (Wildman–Crippen MR) is 50.7 cm³/mol. The Hall–Kier alpha value is -1.63. The van der Waals surface area contributed by atoms with E-state index in [4.69, 9.17) is 0 Å². The molecule has 0 spiro atoms. The van der Waals surface area contributed by atoms with Gasteiger partial charge in [0.15, 0.2) is 0 Å². The topological polar surface area (TPSA) is 12.9 Å². The van der Waals surface area contributed by atoms with Crippen molar-refractivity contribution in [3.63, 3.8) is 0 Å². The van der Waals surface area contributed by atoms with Crippen molar-refractivity contribution in [2.45, 2.75) is 0 Å². The summed E-state index contributed by atoms with van der Waals surface area (Å²) in [6.07, 6.45) is 15.9. The standard InChI is InChI=1S/C11H9N/c1-2-4-6-11-9-12-8-7-10(11)5-3-1/h1-9H/b2-1?,3-1-,4-2-,5-3?,6-4?,10-5-,11-6-. The lowest BCUT2D eigenvalue weighted by molar-refractivity contribution is 1.27. The second kappa shape index (κ2) is 3.18. The quantitative estimate of drug-likeness (QED) is 0.539. The lowest BCUT2D eigenvalue weighted by Gasteiger charge is -1.88. The van der Waals surface area contributed by atoms with E-state index in [0.717, 1.165) is 5.22 Å². The van der Waals surface area contributed by atoms with Crippen LogP contribution in [0, 0.1) is 0 Å². The van der Waals surface area contributed by atoms with Crippen LogP contribution in [-0.2, 0) is 0 Å². The molecule has 0 aromatic carbocycles. The van der Waals surface area contributed by atoms with Gasteiger partial charge in [0.05, 0.1) is 0 Å². The van der Waals surface area contributed by atoms with E-state index in [9.17, 15) is 0 Å². The van der Waals surface area contributed by atoms with Gasteiger partial charge in [-0.05, 0) is 16.5 Å². The minimum absolute atomic E-state index is 1.16. The van der Waals surface area contributed by atoms with Gasteiger partial charge in [0.1, 0.15) is 0 Å². The summed E-state index contributed by atoms with van der Waals surface area (Å²) in [4.78, 5) is 4.06. The van der Waals surface area contributed by atoms with E-state index in [1.165, 1.54) is 5.22 Å². The maximum absolute atomic E-state index is 4.06. The van der Waals surface area contributed by atoms with Crippen LogP contribution in [0.2, 0.25) is 0 Å². The van der Waals surface area contributed by atoms with E-state index in [2.05, 4.69) is 17.1 Å². The normalized spacial score (nSPS) is 24.7. The van der Waals surface area contributed by atoms with Crippen molar-refractivity contribution in [3.05, 3.63) is 53.2 Å². The fourth-order valence-electron chi connectivity index (χ4n) is 1.16. The molecule has 1 aliphatic rings. The molecule has 0 N–H and O–H groups in total. The molecule has 12 heavy (non-hydrogen) atoms. The minimum atomic E-state index is 1.16. The molecule has 0 fully saturated rings. The van der Waals surface area contributed by atoms with Gasteiger partial charge in [0.25, 0.3) is 0 Å². The lowest BCUT2D eigenvalue weighted by atomic mass is 10.2. The molecule has 58 valence electrons. The minimum Gasteiger partial charge on any atom is -0.264 e. The van der Waals surface area contributed by atoms with E-state index in [1.807, 2.05) is 42.8 Å². The molecule has 2 rings (SSSR count). The van der Waals surface area contributed by atoms with E-state index >= 15 is 0 Å². The molecule has 1 aromatic rings. The van der Waals surface area contributed by atoms with Gasteiger partial charge in [0, 0.05) is 12.4 Å². The Morgan fingerprint density at radius 1 is 0.833 bits per heavy atom. The van der Waals surface area contributed by atoms with Crippen molar-refractivity contribution in [2.75, 3.05) is 0 Å². The van der Waals surface area contributed by atoms with Gasteiger partial charge in [0.2, 0.25) is 0 Å². The maximum Gasteiger partial charge on any atom is 0.0346 e. The Bertz CT molecular complexity index is 395. The first-order valence-electron chi connectivity index (χ1n) is 3.92. The first-order chi connectivity index (χ1) is 5.97. The largest absolute Gasteiger partial charge is 0.264 e. The SMILES string of the molecule is C1=C\C=c2\ccnc\c2=C\C=C/1. The van der Waals surface area contributed by atoms with Crippen LogP contribution in [0.15, 0.2) is 42.8 Å². The van der Waals surface area contributed by atoms with Gasteiger partial charge < -0.3 is 0 Å². The Morgan fingerprint density at radius 3 is 2.42 bits per heavy atom. The summed E-state index contributed by atoms with van der Waals surface area (Å²) in [6, 6.07) is 2.01. The maximum atomic E-state index is 4.06. The zero-order valence-electron chi connectivity index (χ0n) is 6.64. The van der Waals surface area contributed by atoms with E-state index in [0.29, 0.717) is 0 Å². The molecule has 0 radical (unpaired) electrons. The molecule has 1 nitrogen and oxygen atoms in total. The third-order valence-electron chi connectivity index (χ3n) is 1.77. The first-order valence-corrected chi connectivity index (χ1v) is 3.92. The monoisotopic (exact) mass is 155 g/mol. The summed E-state index contributed by atoms with van der Waals surface area (Å²) < 4.78 is 0. The molecule has 0 atom stereocenters. The van der Waals surface area contributed by atoms with Crippen LogP contribution in [0.3, 0.4) is 0 Å². The van der Waals surface area contributed by atoms with Crippen molar-refractivity contribution < 1.29 is 0 Å². The van der Waals surface area contributed by atoms with Crippen LogP contribution in [0.25, 0.3) is 12.2 Å². The number of fused-ring (bicyclic) bond motifs is 1. The van der Waals surface area contributed by atoms with Gasteiger partial charge >= 0.3 is 0 Å². The summed E-state index contributed by atoms with van der Waals surface area (Å²) in [6.45, 7) is 0. The van der Waals surface area contributed by atoms with Gasteiger partial charge in [-0.25, -0.2) is 0 Å². The lowest BCUT2D eigenvalue weighted by Crippen LogP contribution is -2.24. The number of hydrogen-bond donors (Lipinski definition) is 0. The predicted octanol–water partition coefficient (Wildman–Crippen LogP) is 0.769. The van der Waals surface area contributed by atoms with Gasteiger partial charge in [-0.2, -0.15) is 0 Å². The number of hydrogen-bond acceptors (Lipinski definition) is 1. The molecule has 1 heterocycles. The van der Waals surface area contributed by atoms with Gasteiger partial charge in [-0.15, -0.1) is 0 Å².